The second kappa shape index (κ2) is 5.63. The van der Waals surface area contributed by atoms with E-state index in [-0.39, 0.29) is 0 Å². The molecule has 1 aliphatic carbocycles. The standard InChI is InChI=1S/C15H18N4O2/c20-14(21)15(9-5-2-6-10-15)11-19-13(16-17-18-19)12-7-3-1-4-8-12/h1,3-4,7-8H,2,5-6,9-11H2,(H,20,21). The summed E-state index contributed by atoms with van der Waals surface area (Å²) >= 11 is 0. The van der Waals surface area contributed by atoms with Gasteiger partial charge in [0.25, 0.3) is 0 Å². The van der Waals surface area contributed by atoms with Crippen molar-refractivity contribution in [3.8, 4) is 11.4 Å². The van der Waals surface area contributed by atoms with Gasteiger partial charge in [0.2, 0.25) is 0 Å². The summed E-state index contributed by atoms with van der Waals surface area (Å²) in [5.74, 6) is -0.112. The minimum absolute atomic E-state index is 0.333. The molecular formula is C15H18N4O2. The highest BCUT2D eigenvalue weighted by molar-refractivity contribution is 5.74. The second-order valence-electron chi connectivity index (χ2n) is 5.67. The predicted octanol–water partition coefficient (Wildman–Crippen LogP) is 2.38. The molecule has 1 N–H and O–H groups in total. The highest BCUT2D eigenvalue weighted by Crippen LogP contribution is 2.38. The summed E-state index contributed by atoms with van der Waals surface area (Å²) < 4.78 is 1.63. The van der Waals surface area contributed by atoms with Gasteiger partial charge >= 0.3 is 5.97 Å². The third kappa shape index (κ3) is 2.66. The Morgan fingerprint density at radius 2 is 1.90 bits per heavy atom. The Labute approximate surface area is 122 Å². The van der Waals surface area contributed by atoms with Crippen molar-refractivity contribution in [2.45, 2.75) is 38.6 Å². The van der Waals surface area contributed by atoms with Crippen LogP contribution in [0.3, 0.4) is 0 Å². The monoisotopic (exact) mass is 286 g/mol. The molecule has 1 aromatic heterocycles. The number of hydrogen-bond donors (Lipinski definition) is 1. The summed E-state index contributed by atoms with van der Waals surface area (Å²) in [5.41, 5.74) is 0.163. The van der Waals surface area contributed by atoms with Crippen molar-refractivity contribution >= 4 is 5.97 Å². The summed E-state index contributed by atoms with van der Waals surface area (Å²) in [7, 11) is 0. The number of tetrazole rings is 1. The van der Waals surface area contributed by atoms with Gasteiger partial charge < -0.3 is 5.11 Å². The SMILES string of the molecule is O=C(O)C1(Cn2nnnc2-c2ccccc2)CCCCC1. The van der Waals surface area contributed by atoms with Crippen molar-refractivity contribution < 1.29 is 9.90 Å². The molecule has 21 heavy (non-hydrogen) atoms. The highest BCUT2D eigenvalue weighted by atomic mass is 16.4. The average Bonchev–Trinajstić information content (AvgIpc) is 2.97. The van der Waals surface area contributed by atoms with Crippen LogP contribution >= 0.6 is 0 Å². The quantitative estimate of drug-likeness (QED) is 0.933. The number of aromatic nitrogens is 4. The van der Waals surface area contributed by atoms with E-state index in [2.05, 4.69) is 15.5 Å². The summed E-state index contributed by atoms with van der Waals surface area (Å²) in [6.45, 7) is 0.333. The fourth-order valence-electron chi connectivity index (χ4n) is 3.06. The first-order valence-electron chi connectivity index (χ1n) is 7.26. The van der Waals surface area contributed by atoms with E-state index in [0.717, 1.165) is 24.8 Å². The maximum Gasteiger partial charge on any atom is 0.311 e. The van der Waals surface area contributed by atoms with Crippen LogP contribution in [0.4, 0.5) is 0 Å². The van der Waals surface area contributed by atoms with E-state index >= 15 is 0 Å². The van der Waals surface area contributed by atoms with Crippen LogP contribution in [0.15, 0.2) is 30.3 Å². The molecule has 0 saturated heterocycles. The smallest absolute Gasteiger partial charge is 0.311 e. The van der Waals surface area contributed by atoms with E-state index in [1.54, 1.807) is 4.68 Å². The zero-order valence-electron chi connectivity index (χ0n) is 11.8. The lowest BCUT2D eigenvalue weighted by molar-refractivity contribution is -0.152. The Morgan fingerprint density at radius 1 is 1.19 bits per heavy atom. The van der Waals surface area contributed by atoms with Crippen molar-refractivity contribution in [3.63, 3.8) is 0 Å². The first-order valence-corrected chi connectivity index (χ1v) is 7.26. The zero-order chi connectivity index (χ0) is 14.7. The van der Waals surface area contributed by atoms with Gasteiger partial charge in [0.05, 0.1) is 12.0 Å². The normalized spacial score (nSPS) is 17.5. The van der Waals surface area contributed by atoms with Crippen LogP contribution in [-0.4, -0.2) is 31.3 Å². The van der Waals surface area contributed by atoms with Gasteiger partial charge in [-0.05, 0) is 23.3 Å². The molecule has 1 saturated carbocycles. The van der Waals surface area contributed by atoms with E-state index in [1.807, 2.05) is 30.3 Å². The first kappa shape index (κ1) is 13.7. The lowest BCUT2D eigenvalue weighted by Gasteiger charge is -2.32. The maximum absolute atomic E-state index is 11.8. The predicted molar refractivity (Wildman–Crippen MR) is 76.4 cm³/mol. The van der Waals surface area contributed by atoms with Crippen molar-refractivity contribution in [2.75, 3.05) is 0 Å². The zero-order valence-corrected chi connectivity index (χ0v) is 11.8. The maximum atomic E-state index is 11.8. The Morgan fingerprint density at radius 3 is 2.57 bits per heavy atom. The van der Waals surface area contributed by atoms with Crippen LogP contribution in [0.1, 0.15) is 32.1 Å². The Kier molecular flexibility index (Phi) is 3.68. The van der Waals surface area contributed by atoms with Crippen LogP contribution in [0.2, 0.25) is 0 Å². The molecule has 0 radical (unpaired) electrons. The number of carbonyl (C=O) groups is 1. The van der Waals surface area contributed by atoms with Crippen LogP contribution in [0, 0.1) is 5.41 Å². The molecule has 2 aromatic rings. The van der Waals surface area contributed by atoms with Gasteiger partial charge in [-0.2, -0.15) is 0 Å². The van der Waals surface area contributed by atoms with E-state index in [1.165, 1.54) is 0 Å². The minimum Gasteiger partial charge on any atom is -0.481 e. The first-order chi connectivity index (χ1) is 10.2. The van der Waals surface area contributed by atoms with E-state index < -0.39 is 11.4 Å². The van der Waals surface area contributed by atoms with Crippen molar-refractivity contribution in [2.24, 2.45) is 5.41 Å². The van der Waals surface area contributed by atoms with Gasteiger partial charge in [0.1, 0.15) is 0 Å². The second-order valence-corrected chi connectivity index (χ2v) is 5.67. The number of benzene rings is 1. The largest absolute Gasteiger partial charge is 0.481 e. The Bertz CT molecular complexity index is 618. The van der Waals surface area contributed by atoms with Crippen molar-refractivity contribution in [1.29, 1.82) is 0 Å². The van der Waals surface area contributed by atoms with Gasteiger partial charge in [-0.15, -0.1) is 5.10 Å². The minimum atomic E-state index is -0.739. The molecule has 0 atom stereocenters. The molecule has 0 bridgehead atoms. The molecule has 0 unspecified atom stereocenters. The van der Waals surface area contributed by atoms with Crippen LogP contribution in [0.5, 0.6) is 0 Å². The fourth-order valence-corrected chi connectivity index (χ4v) is 3.06. The number of carboxylic acid groups (broad SMARTS) is 1. The van der Waals surface area contributed by atoms with E-state index in [9.17, 15) is 9.90 Å². The van der Waals surface area contributed by atoms with Crippen molar-refractivity contribution in [1.82, 2.24) is 20.2 Å². The van der Waals surface area contributed by atoms with E-state index in [0.29, 0.717) is 25.2 Å². The van der Waals surface area contributed by atoms with Gasteiger partial charge in [0.15, 0.2) is 5.82 Å². The van der Waals surface area contributed by atoms with Gasteiger partial charge in [-0.3, -0.25) is 4.79 Å². The summed E-state index contributed by atoms with van der Waals surface area (Å²) in [4.78, 5) is 11.8. The molecule has 110 valence electrons. The molecule has 1 aromatic carbocycles. The summed E-state index contributed by atoms with van der Waals surface area (Å²) in [6.07, 6.45) is 4.40. The molecule has 0 amide bonds. The molecule has 6 heteroatoms. The third-order valence-electron chi connectivity index (χ3n) is 4.28. The van der Waals surface area contributed by atoms with Gasteiger partial charge in [-0.1, -0.05) is 49.6 Å². The Hall–Kier alpha value is -2.24. The van der Waals surface area contributed by atoms with Crippen LogP contribution in [0.25, 0.3) is 11.4 Å². The van der Waals surface area contributed by atoms with E-state index in [4.69, 9.17) is 0 Å². The molecule has 0 aliphatic heterocycles. The number of aliphatic carboxylic acids is 1. The highest BCUT2D eigenvalue weighted by Gasteiger charge is 2.41. The molecule has 0 spiro atoms. The molecule has 1 heterocycles. The summed E-state index contributed by atoms with van der Waals surface area (Å²) in [5, 5.41) is 21.4. The van der Waals surface area contributed by atoms with Crippen LogP contribution in [-0.2, 0) is 11.3 Å². The number of rotatable bonds is 4. The lowest BCUT2D eigenvalue weighted by Crippen LogP contribution is -2.38. The van der Waals surface area contributed by atoms with Gasteiger partial charge in [-0.25, -0.2) is 4.68 Å². The van der Waals surface area contributed by atoms with Gasteiger partial charge in [0, 0.05) is 5.56 Å². The molecule has 3 rings (SSSR count). The lowest BCUT2D eigenvalue weighted by atomic mass is 9.74. The number of hydrogen-bond acceptors (Lipinski definition) is 4. The molecule has 1 aliphatic rings. The third-order valence-corrected chi connectivity index (χ3v) is 4.28. The number of nitrogens with zero attached hydrogens (tertiary/aromatic N) is 4. The molecule has 1 fully saturated rings. The molecule has 6 nitrogen and oxygen atoms in total. The Balaban J connectivity index is 1.91. The fraction of sp³-hybridized carbons (Fsp3) is 0.467. The molecular weight excluding hydrogens is 268 g/mol. The summed E-state index contributed by atoms with van der Waals surface area (Å²) in [6, 6.07) is 9.62. The number of carboxylic acids is 1. The topological polar surface area (TPSA) is 80.9 Å². The van der Waals surface area contributed by atoms with Crippen molar-refractivity contribution in [3.05, 3.63) is 30.3 Å². The van der Waals surface area contributed by atoms with Crippen LogP contribution < -0.4 is 0 Å². The average molecular weight is 286 g/mol.